The number of anilines is 1. The first kappa shape index (κ1) is 16.8. The molecule has 3 aliphatic carbocycles. The van der Waals surface area contributed by atoms with Gasteiger partial charge in [-0.15, -0.1) is 11.3 Å². The third-order valence-electron chi connectivity index (χ3n) is 6.23. The summed E-state index contributed by atoms with van der Waals surface area (Å²) in [7, 11) is 0. The lowest BCUT2D eigenvalue weighted by Crippen LogP contribution is -2.48. The van der Waals surface area contributed by atoms with Crippen molar-refractivity contribution in [3.63, 3.8) is 0 Å². The molecule has 6 heteroatoms. The van der Waals surface area contributed by atoms with E-state index in [1.54, 1.807) is 6.20 Å². The molecule has 0 radical (unpaired) electrons. The summed E-state index contributed by atoms with van der Waals surface area (Å²) in [5, 5.41) is 15.3. The first-order chi connectivity index (χ1) is 12.2. The van der Waals surface area contributed by atoms with Gasteiger partial charge in [0.05, 0.1) is 11.8 Å². The lowest BCUT2D eigenvalue weighted by Gasteiger charge is -2.46. The van der Waals surface area contributed by atoms with Crippen LogP contribution in [0, 0.1) is 23.7 Å². The van der Waals surface area contributed by atoms with Crippen LogP contribution in [0.3, 0.4) is 0 Å². The van der Waals surface area contributed by atoms with E-state index < -0.39 is 17.8 Å². The number of aromatic nitrogens is 1. The van der Waals surface area contributed by atoms with Gasteiger partial charge in [-0.3, -0.25) is 9.59 Å². The van der Waals surface area contributed by atoms with E-state index in [0.29, 0.717) is 5.13 Å². The summed E-state index contributed by atoms with van der Waals surface area (Å²) in [5.74, 6) is -1.89. The van der Waals surface area contributed by atoms with Gasteiger partial charge in [-0.2, -0.15) is 0 Å². The maximum atomic E-state index is 13.1. The average molecular weight is 360 g/mol. The third-order valence-corrected chi connectivity index (χ3v) is 6.92. The van der Waals surface area contributed by atoms with Crippen molar-refractivity contribution >= 4 is 28.3 Å². The van der Waals surface area contributed by atoms with Gasteiger partial charge in [0.15, 0.2) is 5.13 Å². The molecule has 1 aromatic rings. The third kappa shape index (κ3) is 3.01. The zero-order chi connectivity index (χ0) is 17.4. The summed E-state index contributed by atoms with van der Waals surface area (Å²) in [6.07, 6.45) is 10.0. The number of amides is 1. The lowest BCUT2D eigenvalue weighted by atomic mass is 9.57. The van der Waals surface area contributed by atoms with Crippen LogP contribution in [0.5, 0.6) is 0 Å². The van der Waals surface area contributed by atoms with Crippen molar-refractivity contribution in [1.82, 2.24) is 4.98 Å². The van der Waals surface area contributed by atoms with Gasteiger partial charge in [-0.05, 0) is 50.4 Å². The number of nitrogens with one attached hydrogen (secondary N) is 1. The van der Waals surface area contributed by atoms with Gasteiger partial charge in [0.1, 0.15) is 0 Å². The van der Waals surface area contributed by atoms with E-state index in [2.05, 4.69) is 10.3 Å². The molecule has 2 saturated carbocycles. The van der Waals surface area contributed by atoms with E-state index in [0.717, 1.165) is 44.9 Å². The molecule has 134 valence electrons. The molecule has 25 heavy (non-hydrogen) atoms. The number of carbonyl (C=O) groups excluding carboxylic acids is 1. The highest BCUT2D eigenvalue weighted by atomic mass is 32.1. The van der Waals surface area contributed by atoms with Crippen molar-refractivity contribution in [2.45, 2.75) is 51.4 Å². The van der Waals surface area contributed by atoms with Crippen molar-refractivity contribution in [2.24, 2.45) is 23.7 Å². The molecule has 0 unspecified atom stereocenters. The Morgan fingerprint density at radius 2 is 1.68 bits per heavy atom. The fourth-order valence-corrected chi connectivity index (χ4v) is 5.85. The van der Waals surface area contributed by atoms with Crippen LogP contribution in [0.4, 0.5) is 5.13 Å². The summed E-state index contributed by atoms with van der Waals surface area (Å²) < 4.78 is 0. The molecule has 1 amide bonds. The molecule has 0 bridgehead atoms. The van der Waals surface area contributed by atoms with E-state index in [1.165, 1.54) is 28.9 Å². The fraction of sp³-hybridized carbons (Fsp3) is 0.632. The Morgan fingerprint density at radius 3 is 2.24 bits per heavy atom. The van der Waals surface area contributed by atoms with Crippen LogP contribution in [0.2, 0.25) is 0 Å². The van der Waals surface area contributed by atoms with Crippen LogP contribution >= 0.6 is 11.3 Å². The Morgan fingerprint density at radius 1 is 1.04 bits per heavy atom. The van der Waals surface area contributed by atoms with Gasteiger partial charge in [0.2, 0.25) is 5.91 Å². The topological polar surface area (TPSA) is 79.3 Å². The highest BCUT2D eigenvalue weighted by Crippen LogP contribution is 2.53. The van der Waals surface area contributed by atoms with Crippen LogP contribution in [-0.4, -0.2) is 22.0 Å². The van der Waals surface area contributed by atoms with Gasteiger partial charge < -0.3 is 10.4 Å². The van der Waals surface area contributed by atoms with Crippen molar-refractivity contribution in [3.05, 3.63) is 22.7 Å². The normalized spacial score (nSPS) is 31.8. The first-order valence-corrected chi connectivity index (χ1v) is 10.2. The quantitative estimate of drug-likeness (QED) is 0.796. The predicted molar refractivity (Wildman–Crippen MR) is 96.3 cm³/mol. The molecular formula is C19H24N2O3S. The standard InChI is InChI=1S/C19H24N2O3S/c22-17(21-19-20-9-10-25-19)15-13-7-3-1-5-11(13)12-6-2-4-8-14(12)16(15)18(23)24/h9-10,13-16H,1-8H2,(H,23,24)(H,20,21,22)/t13-,14+,15+,16+/m1/s1. The first-order valence-electron chi connectivity index (χ1n) is 9.32. The van der Waals surface area contributed by atoms with Gasteiger partial charge in [-0.1, -0.05) is 24.0 Å². The highest BCUT2D eigenvalue weighted by Gasteiger charge is 2.51. The summed E-state index contributed by atoms with van der Waals surface area (Å²) in [6.45, 7) is 0. The zero-order valence-electron chi connectivity index (χ0n) is 14.2. The van der Waals surface area contributed by atoms with Crippen LogP contribution in [-0.2, 0) is 9.59 Å². The van der Waals surface area contributed by atoms with E-state index in [1.807, 2.05) is 5.38 Å². The number of carboxylic acids is 1. The average Bonchev–Trinajstić information content (AvgIpc) is 3.13. The minimum atomic E-state index is -0.812. The van der Waals surface area contributed by atoms with Crippen molar-refractivity contribution < 1.29 is 14.7 Å². The largest absolute Gasteiger partial charge is 0.481 e. The molecule has 5 nitrogen and oxygen atoms in total. The van der Waals surface area contributed by atoms with Gasteiger partial charge in [0, 0.05) is 11.6 Å². The number of aliphatic carboxylic acids is 1. The lowest BCUT2D eigenvalue weighted by molar-refractivity contribution is -0.150. The van der Waals surface area contributed by atoms with E-state index >= 15 is 0 Å². The second kappa shape index (κ2) is 6.90. The summed E-state index contributed by atoms with van der Waals surface area (Å²) in [4.78, 5) is 29.4. The minimum absolute atomic E-state index is 0.0441. The summed E-state index contributed by atoms with van der Waals surface area (Å²) in [6, 6.07) is 0. The number of hydrogen-bond acceptors (Lipinski definition) is 4. The van der Waals surface area contributed by atoms with E-state index in [-0.39, 0.29) is 17.7 Å². The number of thiazole rings is 1. The molecular weight excluding hydrogens is 336 g/mol. The Balaban J connectivity index is 1.73. The number of carboxylic acid groups (broad SMARTS) is 1. The Hall–Kier alpha value is -1.69. The number of allylic oxidation sites excluding steroid dienone is 2. The van der Waals surface area contributed by atoms with Crippen molar-refractivity contribution in [2.75, 3.05) is 5.32 Å². The van der Waals surface area contributed by atoms with Crippen LogP contribution in [0.1, 0.15) is 51.4 Å². The maximum absolute atomic E-state index is 13.1. The Labute approximate surface area is 151 Å². The van der Waals surface area contributed by atoms with Crippen LogP contribution in [0.25, 0.3) is 0 Å². The Kier molecular flexibility index (Phi) is 4.63. The second-order valence-electron chi connectivity index (χ2n) is 7.47. The van der Waals surface area contributed by atoms with Crippen LogP contribution in [0.15, 0.2) is 22.7 Å². The molecule has 4 rings (SSSR count). The zero-order valence-corrected chi connectivity index (χ0v) is 15.1. The molecule has 0 aliphatic heterocycles. The summed E-state index contributed by atoms with van der Waals surface area (Å²) >= 11 is 1.37. The van der Waals surface area contributed by atoms with Crippen molar-refractivity contribution in [1.29, 1.82) is 0 Å². The molecule has 2 N–H and O–H groups in total. The van der Waals surface area contributed by atoms with Gasteiger partial charge >= 0.3 is 5.97 Å². The van der Waals surface area contributed by atoms with Crippen LogP contribution < -0.4 is 5.32 Å². The molecule has 0 saturated heterocycles. The molecule has 0 spiro atoms. The second-order valence-corrected chi connectivity index (χ2v) is 8.37. The molecule has 1 heterocycles. The van der Waals surface area contributed by atoms with Gasteiger partial charge in [0.25, 0.3) is 0 Å². The SMILES string of the molecule is O=C(Nc1nccs1)[C@@H]1[C@@H](C(=O)O)[C@H]2CCCCC2=C2CCCC[C@H]21. The number of fused-ring (bicyclic) bond motifs is 2. The monoisotopic (exact) mass is 360 g/mol. The number of carbonyl (C=O) groups is 2. The fourth-order valence-electron chi connectivity index (χ4n) is 5.31. The predicted octanol–water partition coefficient (Wildman–Crippen LogP) is 4.09. The van der Waals surface area contributed by atoms with Crippen molar-refractivity contribution in [3.8, 4) is 0 Å². The number of nitrogens with zero attached hydrogens (tertiary/aromatic N) is 1. The number of hydrogen-bond donors (Lipinski definition) is 2. The van der Waals surface area contributed by atoms with E-state index in [4.69, 9.17) is 0 Å². The maximum Gasteiger partial charge on any atom is 0.307 e. The highest BCUT2D eigenvalue weighted by molar-refractivity contribution is 7.13. The summed E-state index contributed by atoms with van der Waals surface area (Å²) in [5.41, 5.74) is 2.81. The molecule has 0 aromatic carbocycles. The minimum Gasteiger partial charge on any atom is -0.481 e. The molecule has 3 aliphatic rings. The van der Waals surface area contributed by atoms with E-state index in [9.17, 15) is 14.7 Å². The molecule has 2 fully saturated rings. The molecule has 4 atom stereocenters. The smallest absolute Gasteiger partial charge is 0.307 e. The Bertz CT molecular complexity index is 698. The number of rotatable bonds is 3. The van der Waals surface area contributed by atoms with Gasteiger partial charge in [-0.25, -0.2) is 4.98 Å². The molecule has 1 aromatic heterocycles.